The Balaban J connectivity index is 1.99. The SMILES string of the molecule is COCCN(C)Cc1c(-c2ccc(NC(=O)NOC)cc2)sc2c1c(=O)n(CC(C)(C)C)c(=O)n2Cc1c(F)cccc1F. The highest BCUT2D eigenvalue weighted by Crippen LogP contribution is 2.38. The number of likely N-dealkylation sites (N-methyl/N-ethyl adjacent to an activating group) is 1. The zero-order valence-electron chi connectivity index (χ0n) is 25.6. The topological polar surface area (TPSA) is 107 Å². The van der Waals surface area contributed by atoms with Crippen LogP contribution in [0.4, 0.5) is 19.3 Å². The molecule has 4 aromatic rings. The second-order valence-electron chi connectivity index (χ2n) is 11.7. The third-order valence-electron chi connectivity index (χ3n) is 6.87. The molecule has 2 N–H and O–H groups in total. The van der Waals surface area contributed by atoms with E-state index >= 15 is 0 Å². The molecule has 0 bridgehead atoms. The van der Waals surface area contributed by atoms with E-state index in [-0.39, 0.29) is 12.1 Å². The Hall–Kier alpha value is -3.91. The molecule has 10 nitrogen and oxygen atoms in total. The molecule has 0 saturated carbocycles. The van der Waals surface area contributed by atoms with Crippen LogP contribution < -0.4 is 22.0 Å². The molecule has 4 rings (SSSR count). The van der Waals surface area contributed by atoms with Crippen LogP contribution in [0.3, 0.4) is 0 Å². The summed E-state index contributed by atoms with van der Waals surface area (Å²) in [5.41, 5.74) is 2.29. The number of hydrogen-bond donors (Lipinski definition) is 2. The van der Waals surface area contributed by atoms with E-state index < -0.39 is 40.9 Å². The molecule has 0 aliphatic heterocycles. The van der Waals surface area contributed by atoms with Gasteiger partial charge in [0.2, 0.25) is 0 Å². The Morgan fingerprint density at radius 1 is 1.00 bits per heavy atom. The molecule has 0 saturated heterocycles. The minimum absolute atomic E-state index is 0.106. The Morgan fingerprint density at radius 2 is 1.66 bits per heavy atom. The van der Waals surface area contributed by atoms with Crippen molar-refractivity contribution < 1.29 is 23.1 Å². The summed E-state index contributed by atoms with van der Waals surface area (Å²) in [6, 6.07) is 9.99. The molecule has 0 unspecified atom stereocenters. The molecule has 44 heavy (non-hydrogen) atoms. The van der Waals surface area contributed by atoms with Crippen LogP contribution in [-0.2, 0) is 29.2 Å². The normalized spacial score (nSPS) is 11.8. The number of benzene rings is 2. The van der Waals surface area contributed by atoms with Gasteiger partial charge in [-0.1, -0.05) is 39.0 Å². The van der Waals surface area contributed by atoms with Crippen LogP contribution in [0.1, 0.15) is 31.9 Å². The van der Waals surface area contributed by atoms with Gasteiger partial charge >= 0.3 is 11.7 Å². The second-order valence-corrected chi connectivity index (χ2v) is 12.7. The van der Waals surface area contributed by atoms with Gasteiger partial charge in [-0.2, -0.15) is 0 Å². The summed E-state index contributed by atoms with van der Waals surface area (Å²) in [6.45, 7) is 6.81. The van der Waals surface area contributed by atoms with Crippen molar-refractivity contribution in [2.45, 2.75) is 40.4 Å². The molecule has 2 heterocycles. The van der Waals surface area contributed by atoms with Crippen LogP contribution in [0.5, 0.6) is 0 Å². The lowest BCUT2D eigenvalue weighted by atomic mass is 9.97. The molecule has 0 atom stereocenters. The lowest BCUT2D eigenvalue weighted by molar-refractivity contribution is 0.114. The number of hydroxylamine groups is 1. The minimum atomic E-state index is -0.782. The number of aromatic nitrogens is 2. The van der Waals surface area contributed by atoms with Gasteiger partial charge < -0.3 is 10.1 Å². The minimum Gasteiger partial charge on any atom is -0.383 e. The highest BCUT2D eigenvalue weighted by molar-refractivity contribution is 7.22. The van der Waals surface area contributed by atoms with E-state index in [1.54, 1.807) is 31.4 Å². The number of anilines is 1. The van der Waals surface area contributed by atoms with E-state index in [1.165, 1.54) is 29.1 Å². The van der Waals surface area contributed by atoms with Gasteiger partial charge in [0.15, 0.2) is 0 Å². The Bertz CT molecular complexity index is 1740. The van der Waals surface area contributed by atoms with E-state index in [9.17, 15) is 23.2 Å². The summed E-state index contributed by atoms with van der Waals surface area (Å²) in [5.74, 6) is -1.56. The van der Waals surface area contributed by atoms with Gasteiger partial charge in [0.05, 0.1) is 25.6 Å². The first-order valence-corrected chi connectivity index (χ1v) is 14.8. The summed E-state index contributed by atoms with van der Waals surface area (Å²) < 4.78 is 37.4. The maximum Gasteiger partial charge on any atom is 0.343 e. The summed E-state index contributed by atoms with van der Waals surface area (Å²) in [5, 5.41) is 2.96. The fraction of sp³-hybridized carbons (Fsp3) is 0.387. The Labute approximate surface area is 257 Å². The quantitative estimate of drug-likeness (QED) is 0.226. The summed E-state index contributed by atoms with van der Waals surface area (Å²) in [7, 11) is 4.82. The first-order chi connectivity index (χ1) is 20.8. The average molecular weight is 630 g/mol. The number of rotatable bonds is 11. The summed E-state index contributed by atoms with van der Waals surface area (Å²) in [6.07, 6.45) is 0. The van der Waals surface area contributed by atoms with Crippen molar-refractivity contribution in [1.82, 2.24) is 19.5 Å². The fourth-order valence-electron chi connectivity index (χ4n) is 4.85. The largest absolute Gasteiger partial charge is 0.383 e. The number of nitrogens with one attached hydrogen (secondary N) is 2. The van der Waals surface area contributed by atoms with Gasteiger partial charge in [-0.15, -0.1) is 11.3 Å². The third-order valence-corrected chi connectivity index (χ3v) is 8.17. The molecule has 0 fully saturated rings. The fourth-order valence-corrected chi connectivity index (χ4v) is 6.15. The number of urea groups is 1. The first-order valence-electron chi connectivity index (χ1n) is 13.9. The van der Waals surface area contributed by atoms with Crippen LogP contribution in [-0.4, -0.2) is 54.5 Å². The van der Waals surface area contributed by atoms with Crippen molar-refractivity contribution >= 4 is 33.3 Å². The molecule has 2 aromatic carbocycles. The number of ether oxygens (including phenoxy) is 1. The highest BCUT2D eigenvalue weighted by atomic mass is 32.1. The number of carbonyl (C=O) groups is 1. The second kappa shape index (κ2) is 13.8. The molecular formula is C31H37F2N5O5S. The van der Waals surface area contributed by atoms with Gasteiger partial charge in [-0.05, 0) is 47.9 Å². The Morgan fingerprint density at radius 3 is 2.25 bits per heavy atom. The van der Waals surface area contributed by atoms with Crippen molar-refractivity contribution in [3.8, 4) is 10.4 Å². The van der Waals surface area contributed by atoms with Gasteiger partial charge in [-0.25, -0.2) is 23.9 Å². The van der Waals surface area contributed by atoms with Gasteiger partial charge in [-0.3, -0.25) is 23.7 Å². The number of hydrogen-bond acceptors (Lipinski definition) is 7. The molecule has 0 spiro atoms. The van der Waals surface area contributed by atoms with Gasteiger partial charge in [0, 0.05) is 42.9 Å². The number of nitrogens with zero attached hydrogens (tertiary/aromatic N) is 3. The van der Waals surface area contributed by atoms with Crippen LogP contribution >= 0.6 is 11.3 Å². The van der Waals surface area contributed by atoms with E-state index in [2.05, 4.69) is 15.6 Å². The average Bonchev–Trinajstić information content (AvgIpc) is 3.32. The van der Waals surface area contributed by atoms with Crippen molar-refractivity contribution in [2.75, 3.05) is 39.7 Å². The van der Waals surface area contributed by atoms with Crippen LogP contribution in [0.2, 0.25) is 0 Å². The molecule has 2 amide bonds. The van der Waals surface area contributed by atoms with E-state index in [0.717, 1.165) is 22.3 Å². The number of thiophene rings is 1. The van der Waals surface area contributed by atoms with Gasteiger partial charge in [0.1, 0.15) is 16.5 Å². The standard InChI is InChI=1S/C31H37F2N5O5S/c1-31(2,3)18-38-27(39)25-22(16-36(4)14-15-42-5)26(19-10-12-20(13-11-19)34-29(40)35-43-6)44-28(25)37(30(38)41)17-21-23(32)8-7-9-24(21)33/h7-13H,14-18H2,1-6H3,(H2,34,35,40). The van der Waals surface area contributed by atoms with Crippen molar-refractivity contribution in [3.05, 3.63) is 86.1 Å². The van der Waals surface area contributed by atoms with E-state index in [0.29, 0.717) is 46.0 Å². The maximum absolute atomic E-state index is 14.9. The number of fused-ring (bicyclic) bond motifs is 1. The predicted molar refractivity (Wildman–Crippen MR) is 168 cm³/mol. The van der Waals surface area contributed by atoms with E-state index in [1.807, 2.05) is 32.7 Å². The number of amides is 2. The van der Waals surface area contributed by atoms with Crippen molar-refractivity contribution in [1.29, 1.82) is 0 Å². The molecular weight excluding hydrogens is 592 g/mol. The number of carbonyl (C=O) groups excluding carboxylic acids is 1. The smallest absolute Gasteiger partial charge is 0.343 e. The van der Waals surface area contributed by atoms with Crippen molar-refractivity contribution in [3.63, 3.8) is 0 Å². The summed E-state index contributed by atoms with van der Waals surface area (Å²) >= 11 is 1.21. The highest BCUT2D eigenvalue weighted by Gasteiger charge is 2.26. The van der Waals surface area contributed by atoms with Crippen LogP contribution in [0.15, 0.2) is 52.1 Å². The molecule has 236 valence electrons. The monoisotopic (exact) mass is 629 g/mol. The number of halogens is 2. The van der Waals surface area contributed by atoms with Crippen LogP contribution in [0.25, 0.3) is 20.7 Å². The first kappa shape index (κ1) is 33.0. The summed E-state index contributed by atoms with van der Waals surface area (Å²) in [4.78, 5) is 47.7. The zero-order valence-corrected chi connectivity index (χ0v) is 26.4. The van der Waals surface area contributed by atoms with E-state index in [4.69, 9.17) is 4.74 Å². The number of methoxy groups -OCH3 is 1. The molecule has 13 heteroatoms. The lowest BCUT2D eigenvalue weighted by Gasteiger charge is -2.21. The molecule has 0 radical (unpaired) electrons. The van der Waals surface area contributed by atoms with Crippen LogP contribution in [0, 0.1) is 17.0 Å². The Kier molecular flexibility index (Phi) is 10.4. The molecule has 0 aliphatic carbocycles. The zero-order chi connectivity index (χ0) is 32.2. The molecule has 0 aliphatic rings. The van der Waals surface area contributed by atoms with Gasteiger partial charge in [0.25, 0.3) is 5.56 Å². The van der Waals surface area contributed by atoms with Crippen molar-refractivity contribution in [2.24, 2.45) is 5.41 Å². The molecule has 2 aromatic heterocycles. The maximum atomic E-state index is 14.9. The lowest BCUT2D eigenvalue weighted by Crippen LogP contribution is -2.42. The third kappa shape index (κ3) is 7.41. The predicted octanol–water partition coefficient (Wildman–Crippen LogP) is 5.03.